The second-order valence-electron chi connectivity index (χ2n) is 8.71. The van der Waals surface area contributed by atoms with Crippen molar-refractivity contribution in [1.82, 2.24) is 29.5 Å². The standard InChI is InChI=1S/C29H25N9/c1-20(21-8-4-2-5-9-21)33-28-30-17-15-27(35-28)38-19-32-25-18-22(12-13-26(25)38)24-14-16-31-29(34-24)37-36-23-10-6-3-7-11-23/h2-20,36H,1H3,(H,30,33,35)(H,31,34,37). The molecule has 0 fully saturated rings. The lowest BCUT2D eigenvalue weighted by molar-refractivity contribution is 0.854. The van der Waals surface area contributed by atoms with Crippen LogP contribution in [0.3, 0.4) is 0 Å². The summed E-state index contributed by atoms with van der Waals surface area (Å²) in [5, 5.41) is 3.38. The lowest BCUT2D eigenvalue weighted by Gasteiger charge is -2.14. The van der Waals surface area contributed by atoms with Crippen LogP contribution in [0.25, 0.3) is 28.1 Å². The zero-order chi connectivity index (χ0) is 25.7. The Morgan fingerprint density at radius 1 is 0.711 bits per heavy atom. The Hall–Kier alpha value is -5.31. The summed E-state index contributed by atoms with van der Waals surface area (Å²) in [6.07, 6.45) is 5.26. The molecule has 0 spiro atoms. The number of fused-ring (bicyclic) bond motifs is 1. The van der Waals surface area contributed by atoms with E-state index >= 15 is 0 Å². The van der Waals surface area contributed by atoms with Crippen LogP contribution in [0.1, 0.15) is 18.5 Å². The summed E-state index contributed by atoms with van der Waals surface area (Å²) in [5.74, 6) is 1.77. The van der Waals surface area contributed by atoms with Crippen LogP contribution in [0, 0.1) is 0 Å². The van der Waals surface area contributed by atoms with Gasteiger partial charge in [0.2, 0.25) is 11.9 Å². The molecule has 9 heteroatoms. The van der Waals surface area contributed by atoms with E-state index in [1.54, 1.807) is 18.7 Å². The molecular weight excluding hydrogens is 474 g/mol. The zero-order valence-corrected chi connectivity index (χ0v) is 20.7. The zero-order valence-electron chi connectivity index (χ0n) is 20.7. The first-order valence-corrected chi connectivity index (χ1v) is 12.3. The van der Waals surface area contributed by atoms with Crippen LogP contribution in [-0.4, -0.2) is 29.5 Å². The van der Waals surface area contributed by atoms with Crippen molar-refractivity contribution in [2.45, 2.75) is 13.0 Å². The predicted octanol–water partition coefficient (Wildman–Crippen LogP) is 5.88. The van der Waals surface area contributed by atoms with E-state index in [1.165, 1.54) is 5.56 Å². The maximum Gasteiger partial charge on any atom is 0.242 e. The van der Waals surface area contributed by atoms with E-state index in [-0.39, 0.29) is 6.04 Å². The average Bonchev–Trinajstić information content (AvgIpc) is 3.41. The smallest absolute Gasteiger partial charge is 0.242 e. The Morgan fingerprint density at radius 3 is 2.32 bits per heavy atom. The molecule has 0 amide bonds. The number of nitrogens with one attached hydrogen (secondary N) is 3. The fourth-order valence-corrected chi connectivity index (χ4v) is 4.16. The third-order valence-corrected chi connectivity index (χ3v) is 6.12. The van der Waals surface area contributed by atoms with Gasteiger partial charge in [0.1, 0.15) is 12.1 Å². The Balaban J connectivity index is 1.22. The maximum atomic E-state index is 4.73. The lowest BCUT2D eigenvalue weighted by Crippen LogP contribution is -2.11. The van der Waals surface area contributed by atoms with Crippen molar-refractivity contribution in [3.8, 4) is 17.1 Å². The molecule has 186 valence electrons. The monoisotopic (exact) mass is 499 g/mol. The molecule has 0 aliphatic carbocycles. The van der Waals surface area contributed by atoms with Crippen molar-refractivity contribution < 1.29 is 0 Å². The molecule has 0 saturated carbocycles. The van der Waals surface area contributed by atoms with Crippen molar-refractivity contribution in [1.29, 1.82) is 0 Å². The molecule has 6 aromatic rings. The first-order valence-electron chi connectivity index (χ1n) is 12.3. The highest BCUT2D eigenvalue weighted by Crippen LogP contribution is 2.25. The molecule has 0 radical (unpaired) electrons. The van der Waals surface area contributed by atoms with Gasteiger partial charge in [0.15, 0.2) is 0 Å². The fourth-order valence-electron chi connectivity index (χ4n) is 4.16. The Morgan fingerprint density at radius 2 is 1.47 bits per heavy atom. The normalized spacial score (nSPS) is 11.7. The van der Waals surface area contributed by atoms with Crippen LogP contribution in [0.4, 0.5) is 17.6 Å². The number of imidazole rings is 1. The number of aromatic nitrogens is 6. The molecule has 9 nitrogen and oxygen atoms in total. The van der Waals surface area contributed by atoms with Crippen molar-refractivity contribution in [3.63, 3.8) is 0 Å². The third-order valence-electron chi connectivity index (χ3n) is 6.12. The molecule has 3 aromatic heterocycles. The number of hydrazine groups is 1. The predicted molar refractivity (Wildman–Crippen MR) is 150 cm³/mol. The summed E-state index contributed by atoms with van der Waals surface area (Å²) in [4.78, 5) is 22.7. The first kappa shape index (κ1) is 23.1. The number of nitrogens with zero attached hydrogens (tertiary/aromatic N) is 6. The summed E-state index contributed by atoms with van der Waals surface area (Å²) >= 11 is 0. The van der Waals surface area contributed by atoms with Crippen LogP contribution in [-0.2, 0) is 0 Å². The van der Waals surface area contributed by atoms with Gasteiger partial charge in [-0.05, 0) is 48.9 Å². The van der Waals surface area contributed by atoms with E-state index < -0.39 is 0 Å². The van der Waals surface area contributed by atoms with Crippen LogP contribution in [0.2, 0.25) is 0 Å². The third kappa shape index (κ3) is 4.98. The van der Waals surface area contributed by atoms with Gasteiger partial charge in [-0.2, -0.15) is 4.98 Å². The van der Waals surface area contributed by atoms with Gasteiger partial charge >= 0.3 is 0 Å². The highest BCUT2D eigenvalue weighted by atomic mass is 15.4. The quantitative estimate of drug-likeness (QED) is 0.223. The van der Waals surface area contributed by atoms with Crippen LogP contribution in [0.5, 0.6) is 0 Å². The minimum atomic E-state index is 0.0728. The number of para-hydroxylation sites is 1. The molecule has 1 unspecified atom stereocenters. The van der Waals surface area contributed by atoms with E-state index in [9.17, 15) is 0 Å². The summed E-state index contributed by atoms with van der Waals surface area (Å²) in [6.45, 7) is 2.09. The minimum absolute atomic E-state index is 0.0728. The molecule has 3 heterocycles. The van der Waals surface area contributed by atoms with E-state index in [1.807, 2.05) is 83.4 Å². The molecule has 0 aliphatic rings. The van der Waals surface area contributed by atoms with Gasteiger partial charge in [0.05, 0.1) is 28.5 Å². The van der Waals surface area contributed by atoms with Crippen molar-refractivity contribution >= 4 is 28.6 Å². The number of anilines is 3. The molecule has 38 heavy (non-hydrogen) atoms. The van der Waals surface area contributed by atoms with Crippen LogP contribution < -0.4 is 16.2 Å². The maximum absolute atomic E-state index is 4.73. The molecule has 3 aromatic carbocycles. The van der Waals surface area contributed by atoms with Gasteiger partial charge in [0.25, 0.3) is 0 Å². The summed E-state index contributed by atoms with van der Waals surface area (Å²) in [7, 11) is 0. The Labute approximate surface area is 219 Å². The van der Waals surface area contributed by atoms with Gasteiger partial charge in [0, 0.05) is 18.0 Å². The summed E-state index contributed by atoms with van der Waals surface area (Å²) < 4.78 is 1.95. The van der Waals surface area contributed by atoms with E-state index in [4.69, 9.17) is 4.98 Å². The van der Waals surface area contributed by atoms with E-state index in [2.05, 4.69) is 55.2 Å². The highest BCUT2D eigenvalue weighted by molar-refractivity contribution is 5.82. The fraction of sp³-hybridized carbons (Fsp3) is 0.0690. The molecule has 6 rings (SSSR count). The number of benzene rings is 3. The number of rotatable bonds is 8. The van der Waals surface area contributed by atoms with E-state index in [0.29, 0.717) is 11.9 Å². The summed E-state index contributed by atoms with van der Waals surface area (Å²) in [6, 6.07) is 29.9. The highest BCUT2D eigenvalue weighted by Gasteiger charge is 2.11. The van der Waals surface area contributed by atoms with Gasteiger partial charge in [-0.15, -0.1) is 0 Å². The summed E-state index contributed by atoms with van der Waals surface area (Å²) in [5.41, 5.74) is 11.8. The van der Waals surface area contributed by atoms with Crippen LogP contribution >= 0.6 is 0 Å². The van der Waals surface area contributed by atoms with Gasteiger partial charge in [-0.25, -0.2) is 19.9 Å². The molecule has 0 aliphatic heterocycles. The molecule has 0 bridgehead atoms. The van der Waals surface area contributed by atoms with Gasteiger partial charge in [-0.3, -0.25) is 15.4 Å². The van der Waals surface area contributed by atoms with Crippen molar-refractivity contribution in [3.05, 3.63) is 115 Å². The second kappa shape index (κ2) is 10.4. The minimum Gasteiger partial charge on any atom is -0.348 e. The first-order chi connectivity index (χ1) is 18.7. The topological polar surface area (TPSA) is 105 Å². The van der Waals surface area contributed by atoms with Gasteiger partial charge in [-0.1, -0.05) is 54.6 Å². The van der Waals surface area contributed by atoms with Crippen molar-refractivity contribution in [2.24, 2.45) is 0 Å². The molecule has 1 atom stereocenters. The molecule has 3 N–H and O–H groups in total. The van der Waals surface area contributed by atoms with E-state index in [0.717, 1.165) is 33.8 Å². The Kier molecular flexibility index (Phi) is 6.30. The molecule has 0 saturated heterocycles. The molecular formula is C29H25N9. The van der Waals surface area contributed by atoms with Crippen molar-refractivity contribution in [2.75, 3.05) is 16.2 Å². The largest absolute Gasteiger partial charge is 0.348 e. The lowest BCUT2D eigenvalue weighted by atomic mass is 10.1. The Bertz CT molecular complexity index is 1670. The average molecular weight is 500 g/mol. The second-order valence-corrected chi connectivity index (χ2v) is 8.71. The van der Waals surface area contributed by atoms with Crippen LogP contribution in [0.15, 0.2) is 110 Å². The SMILES string of the molecule is CC(Nc1nccc(-n2cnc3cc(-c4ccnc(NNc5ccccc5)n4)ccc32)n1)c1ccccc1. The number of hydrogen-bond acceptors (Lipinski definition) is 8. The van der Waals surface area contributed by atoms with Gasteiger partial charge < -0.3 is 5.32 Å². The number of hydrogen-bond donors (Lipinski definition) is 3.